The summed E-state index contributed by atoms with van der Waals surface area (Å²) in [5.41, 5.74) is 8.93. The predicted octanol–water partition coefficient (Wildman–Crippen LogP) is 3.15. The SMILES string of the molecule is CCn1c(C(C)C2CC2)nc2ccc(N)cc21. The molecular weight excluding hydrogens is 210 g/mol. The molecule has 3 rings (SSSR count). The van der Waals surface area contributed by atoms with Gasteiger partial charge in [0.2, 0.25) is 0 Å². The molecule has 0 spiro atoms. The molecule has 0 aliphatic heterocycles. The monoisotopic (exact) mass is 229 g/mol. The van der Waals surface area contributed by atoms with E-state index in [-0.39, 0.29) is 0 Å². The Balaban J connectivity index is 2.16. The lowest BCUT2D eigenvalue weighted by atomic mass is 10.1. The third-order valence-electron chi connectivity index (χ3n) is 3.85. The lowest BCUT2D eigenvalue weighted by Crippen LogP contribution is -2.07. The van der Waals surface area contributed by atoms with Crippen LogP contribution in [0.5, 0.6) is 0 Å². The number of imidazole rings is 1. The van der Waals surface area contributed by atoms with Gasteiger partial charge >= 0.3 is 0 Å². The Kier molecular flexibility index (Phi) is 2.35. The average molecular weight is 229 g/mol. The van der Waals surface area contributed by atoms with Crippen molar-refractivity contribution >= 4 is 16.7 Å². The highest BCUT2D eigenvalue weighted by Gasteiger charge is 2.32. The summed E-state index contributed by atoms with van der Waals surface area (Å²) in [6.45, 7) is 5.44. The number of nitrogen functional groups attached to an aromatic ring is 1. The van der Waals surface area contributed by atoms with E-state index in [1.54, 1.807) is 0 Å². The Morgan fingerprint density at radius 1 is 1.47 bits per heavy atom. The van der Waals surface area contributed by atoms with Crippen molar-refractivity contribution in [1.29, 1.82) is 0 Å². The third-order valence-corrected chi connectivity index (χ3v) is 3.85. The molecule has 0 radical (unpaired) electrons. The van der Waals surface area contributed by atoms with Crippen LogP contribution in [0.1, 0.15) is 38.4 Å². The molecule has 2 aromatic rings. The first-order valence-electron chi connectivity index (χ1n) is 6.46. The number of aryl methyl sites for hydroxylation is 1. The minimum absolute atomic E-state index is 0.573. The van der Waals surface area contributed by atoms with Crippen LogP contribution in [0.25, 0.3) is 11.0 Å². The Labute approximate surface area is 102 Å². The molecule has 17 heavy (non-hydrogen) atoms. The predicted molar refractivity (Wildman–Crippen MR) is 71.0 cm³/mol. The summed E-state index contributed by atoms with van der Waals surface area (Å²) in [7, 11) is 0. The molecule has 1 fully saturated rings. The second-order valence-electron chi connectivity index (χ2n) is 5.09. The Morgan fingerprint density at radius 2 is 2.24 bits per heavy atom. The highest BCUT2D eigenvalue weighted by Crippen LogP contribution is 2.42. The number of benzene rings is 1. The molecule has 1 heterocycles. The number of rotatable bonds is 3. The largest absolute Gasteiger partial charge is 0.399 e. The molecule has 1 aromatic carbocycles. The second-order valence-corrected chi connectivity index (χ2v) is 5.09. The molecule has 0 saturated heterocycles. The van der Waals surface area contributed by atoms with Gasteiger partial charge in [0.25, 0.3) is 0 Å². The smallest absolute Gasteiger partial charge is 0.112 e. The number of nitrogens with zero attached hydrogens (tertiary/aromatic N) is 2. The van der Waals surface area contributed by atoms with Crippen LogP contribution in [0.4, 0.5) is 5.69 Å². The van der Waals surface area contributed by atoms with Crippen LogP contribution in [0.3, 0.4) is 0 Å². The van der Waals surface area contributed by atoms with Gasteiger partial charge in [0.1, 0.15) is 5.82 Å². The number of nitrogens with two attached hydrogens (primary N) is 1. The van der Waals surface area contributed by atoms with Gasteiger partial charge in [-0.2, -0.15) is 0 Å². The van der Waals surface area contributed by atoms with Crippen molar-refractivity contribution in [2.75, 3.05) is 5.73 Å². The summed E-state index contributed by atoms with van der Waals surface area (Å²) in [6, 6.07) is 6.00. The van der Waals surface area contributed by atoms with Gasteiger partial charge in [0.15, 0.2) is 0 Å². The minimum Gasteiger partial charge on any atom is -0.399 e. The number of fused-ring (bicyclic) bond motifs is 1. The van der Waals surface area contributed by atoms with Crippen molar-refractivity contribution in [3.05, 3.63) is 24.0 Å². The van der Waals surface area contributed by atoms with E-state index in [1.807, 2.05) is 18.2 Å². The molecule has 0 amide bonds. The summed E-state index contributed by atoms with van der Waals surface area (Å²) in [4.78, 5) is 4.79. The summed E-state index contributed by atoms with van der Waals surface area (Å²) < 4.78 is 2.31. The molecule has 0 bridgehead atoms. The molecule has 1 atom stereocenters. The Morgan fingerprint density at radius 3 is 2.88 bits per heavy atom. The summed E-state index contributed by atoms with van der Waals surface area (Å²) in [5, 5.41) is 0. The lowest BCUT2D eigenvalue weighted by molar-refractivity contribution is 0.578. The molecule has 3 nitrogen and oxygen atoms in total. The van der Waals surface area contributed by atoms with Gasteiger partial charge in [-0.15, -0.1) is 0 Å². The third kappa shape index (κ3) is 1.70. The van der Waals surface area contributed by atoms with E-state index in [4.69, 9.17) is 10.7 Å². The van der Waals surface area contributed by atoms with Gasteiger partial charge in [-0.05, 0) is 43.9 Å². The summed E-state index contributed by atoms with van der Waals surface area (Å²) in [5.74, 6) is 2.65. The average Bonchev–Trinajstić information content (AvgIpc) is 3.09. The molecule has 1 saturated carbocycles. The highest BCUT2D eigenvalue weighted by molar-refractivity contribution is 5.79. The first-order valence-corrected chi connectivity index (χ1v) is 6.46. The first kappa shape index (κ1) is 10.6. The fourth-order valence-corrected chi connectivity index (χ4v) is 2.65. The van der Waals surface area contributed by atoms with E-state index < -0.39 is 0 Å². The highest BCUT2D eigenvalue weighted by atomic mass is 15.1. The standard InChI is InChI=1S/C14H19N3/c1-3-17-13-8-11(15)6-7-12(13)16-14(17)9(2)10-4-5-10/h6-10H,3-5,15H2,1-2H3. The van der Waals surface area contributed by atoms with Crippen molar-refractivity contribution in [1.82, 2.24) is 9.55 Å². The maximum Gasteiger partial charge on any atom is 0.112 e. The van der Waals surface area contributed by atoms with Crippen molar-refractivity contribution in [2.45, 2.75) is 39.2 Å². The van der Waals surface area contributed by atoms with Crippen molar-refractivity contribution in [2.24, 2.45) is 5.92 Å². The zero-order valence-electron chi connectivity index (χ0n) is 10.5. The van der Waals surface area contributed by atoms with Gasteiger partial charge in [-0.1, -0.05) is 6.92 Å². The Hall–Kier alpha value is -1.51. The fourth-order valence-electron chi connectivity index (χ4n) is 2.65. The van der Waals surface area contributed by atoms with Crippen molar-refractivity contribution in [3.63, 3.8) is 0 Å². The molecular formula is C14H19N3. The molecule has 2 N–H and O–H groups in total. The van der Waals surface area contributed by atoms with Crippen LogP contribution < -0.4 is 5.73 Å². The van der Waals surface area contributed by atoms with E-state index in [1.165, 1.54) is 24.2 Å². The molecule has 1 aromatic heterocycles. The summed E-state index contributed by atoms with van der Waals surface area (Å²) in [6.07, 6.45) is 2.71. The second kappa shape index (κ2) is 3.76. The van der Waals surface area contributed by atoms with Gasteiger partial charge in [-0.25, -0.2) is 4.98 Å². The van der Waals surface area contributed by atoms with Crippen LogP contribution in [-0.4, -0.2) is 9.55 Å². The first-order chi connectivity index (χ1) is 8.20. The molecule has 90 valence electrons. The van der Waals surface area contributed by atoms with Crippen molar-refractivity contribution < 1.29 is 0 Å². The summed E-state index contributed by atoms with van der Waals surface area (Å²) >= 11 is 0. The number of hydrogen-bond acceptors (Lipinski definition) is 2. The zero-order valence-corrected chi connectivity index (χ0v) is 10.5. The number of hydrogen-bond donors (Lipinski definition) is 1. The van der Waals surface area contributed by atoms with E-state index in [2.05, 4.69) is 18.4 Å². The molecule has 1 unspecified atom stereocenters. The van der Waals surface area contributed by atoms with E-state index in [9.17, 15) is 0 Å². The maximum absolute atomic E-state index is 5.86. The van der Waals surface area contributed by atoms with Gasteiger partial charge in [0, 0.05) is 18.2 Å². The minimum atomic E-state index is 0.573. The van der Waals surface area contributed by atoms with E-state index in [0.717, 1.165) is 23.7 Å². The quantitative estimate of drug-likeness (QED) is 0.822. The molecule has 1 aliphatic carbocycles. The van der Waals surface area contributed by atoms with Gasteiger partial charge < -0.3 is 10.3 Å². The normalized spacial score (nSPS) is 17.5. The van der Waals surface area contributed by atoms with Crippen LogP contribution >= 0.6 is 0 Å². The van der Waals surface area contributed by atoms with E-state index >= 15 is 0 Å². The van der Waals surface area contributed by atoms with E-state index in [0.29, 0.717) is 5.92 Å². The molecule has 3 heteroatoms. The molecule has 1 aliphatic rings. The topological polar surface area (TPSA) is 43.8 Å². The van der Waals surface area contributed by atoms with Crippen LogP contribution in [0.15, 0.2) is 18.2 Å². The van der Waals surface area contributed by atoms with Crippen LogP contribution in [0.2, 0.25) is 0 Å². The zero-order chi connectivity index (χ0) is 12.0. The fraction of sp³-hybridized carbons (Fsp3) is 0.500. The van der Waals surface area contributed by atoms with Gasteiger partial charge in [-0.3, -0.25) is 0 Å². The van der Waals surface area contributed by atoms with Crippen molar-refractivity contribution in [3.8, 4) is 0 Å². The van der Waals surface area contributed by atoms with Gasteiger partial charge in [0.05, 0.1) is 11.0 Å². The number of aromatic nitrogens is 2. The Bertz CT molecular complexity index is 552. The van der Waals surface area contributed by atoms with Crippen LogP contribution in [-0.2, 0) is 6.54 Å². The maximum atomic E-state index is 5.86. The number of anilines is 1. The van der Waals surface area contributed by atoms with Crippen LogP contribution in [0, 0.1) is 5.92 Å². The lowest BCUT2D eigenvalue weighted by Gasteiger charge is -2.12.